The van der Waals surface area contributed by atoms with E-state index in [0.29, 0.717) is 24.9 Å². The maximum absolute atomic E-state index is 13.0. The number of ether oxygens (including phenoxy) is 1. The van der Waals surface area contributed by atoms with Gasteiger partial charge in [0.1, 0.15) is 5.82 Å². The highest BCUT2D eigenvalue weighted by Crippen LogP contribution is 2.17. The highest BCUT2D eigenvalue weighted by Gasteiger charge is 2.08. The first-order valence-corrected chi connectivity index (χ1v) is 6.09. The zero-order valence-electron chi connectivity index (χ0n) is 10.8. The van der Waals surface area contributed by atoms with E-state index in [0.717, 1.165) is 18.4 Å². The Morgan fingerprint density at radius 2 is 2.29 bits per heavy atom. The summed E-state index contributed by atoms with van der Waals surface area (Å²) < 4.78 is 18.7. The summed E-state index contributed by atoms with van der Waals surface area (Å²) in [7, 11) is 1.81. The lowest BCUT2D eigenvalue weighted by molar-refractivity contribution is 0.240. The van der Waals surface area contributed by atoms with Crippen molar-refractivity contribution >= 4 is 0 Å². The summed E-state index contributed by atoms with van der Waals surface area (Å²) in [6, 6.07) is 1.46. The standard InChI is InChI=1S/C13H21FN2O/c1-4-5-10(2)9-17-13-11(7-15-3)6-12(14)8-16-13/h6,8,10,15H,4-5,7,9H2,1-3H3. The number of aromatic nitrogens is 1. The Balaban J connectivity index is 2.62. The van der Waals surface area contributed by atoms with Crippen molar-refractivity contribution in [2.24, 2.45) is 5.92 Å². The van der Waals surface area contributed by atoms with Crippen LogP contribution in [0.4, 0.5) is 4.39 Å². The quantitative estimate of drug-likeness (QED) is 0.795. The van der Waals surface area contributed by atoms with Gasteiger partial charge in [0.25, 0.3) is 0 Å². The van der Waals surface area contributed by atoms with Crippen LogP contribution in [-0.4, -0.2) is 18.6 Å². The predicted molar refractivity (Wildman–Crippen MR) is 66.5 cm³/mol. The monoisotopic (exact) mass is 240 g/mol. The SMILES string of the molecule is CCCC(C)COc1ncc(F)cc1CNC. The number of rotatable bonds is 7. The smallest absolute Gasteiger partial charge is 0.218 e. The van der Waals surface area contributed by atoms with Gasteiger partial charge in [-0.25, -0.2) is 9.37 Å². The van der Waals surface area contributed by atoms with Crippen molar-refractivity contribution in [3.63, 3.8) is 0 Å². The Hall–Kier alpha value is -1.16. The van der Waals surface area contributed by atoms with Crippen molar-refractivity contribution in [3.05, 3.63) is 23.6 Å². The summed E-state index contributed by atoms with van der Waals surface area (Å²) in [5.74, 6) is 0.696. The second-order valence-electron chi connectivity index (χ2n) is 4.35. The second kappa shape index (κ2) is 7.22. The largest absolute Gasteiger partial charge is 0.477 e. The molecule has 0 radical (unpaired) electrons. The summed E-state index contributed by atoms with van der Waals surface area (Å²) >= 11 is 0. The number of nitrogens with one attached hydrogen (secondary N) is 1. The third-order valence-corrected chi connectivity index (χ3v) is 2.55. The fourth-order valence-electron chi connectivity index (χ4n) is 1.71. The molecule has 0 aliphatic carbocycles. The Labute approximate surface area is 102 Å². The zero-order chi connectivity index (χ0) is 12.7. The predicted octanol–water partition coefficient (Wildman–Crippen LogP) is 2.76. The molecule has 0 saturated carbocycles. The minimum absolute atomic E-state index is 0.329. The third kappa shape index (κ3) is 4.69. The highest BCUT2D eigenvalue weighted by atomic mass is 19.1. The topological polar surface area (TPSA) is 34.1 Å². The van der Waals surface area contributed by atoms with E-state index < -0.39 is 0 Å². The molecule has 1 aromatic rings. The molecular weight excluding hydrogens is 219 g/mol. The molecule has 1 unspecified atom stereocenters. The van der Waals surface area contributed by atoms with Crippen LogP contribution < -0.4 is 10.1 Å². The molecule has 0 saturated heterocycles. The van der Waals surface area contributed by atoms with Gasteiger partial charge in [0, 0.05) is 12.1 Å². The van der Waals surface area contributed by atoms with Crippen molar-refractivity contribution in [2.45, 2.75) is 33.2 Å². The van der Waals surface area contributed by atoms with E-state index in [1.165, 1.54) is 12.3 Å². The van der Waals surface area contributed by atoms with Crippen LogP contribution >= 0.6 is 0 Å². The molecule has 1 aromatic heterocycles. The van der Waals surface area contributed by atoms with Crippen LogP contribution in [0.15, 0.2) is 12.3 Å². The first-order chi connectivity index (χ1) is 8.17. The normalized spacial score (nSPS) is 12.5. The Bertz CT molecular complexity index is 344. The molecule has 0 aliphatic heterocycles. The van der Waals surface area contributed by atoms with E-state index in [1.54, 1.807) is 0 Å². The summed E-state index contributed by atoms with van der Waals surface area (Å²) in [5.41, 5.74) is 0.760. The first kappa shape index (κ1) is 13.9. The zero-order valence-corrected chi connectivity index (χ0v) is 10.8. The van der Waals surface area contributed by atoms with E-state index in [2.05, 4.69) is 24.1 Å². The molecule has 1 atom stereocenters. The van der Waals surface area contributed by atoms with Gasteiger partial charge < -0.3 is 10.1 Å². The lowest BCUT2D eigenvalue weighted by Crippen LogP contribution is -2.13. The van der Waals surface area contributed by atoms with Crippen LogP contribution in [0.2, 0.25) is 0 Å². The molecule has 0 amide bonds. The number of hydrogen-bond donors (Lipinski definition) is 1. The number of halogens is 1. The summed E-state index contributed by atoms with van der Waals surface area (Å²) in [6.45, 7) is 5.48. The average Bonchev–Trinajstić information content (AvgIpc) is 2.29. The maximum atomic E-state index is 13.0. The van der Waals surface area contributed by atoms with Gasteiger partial charge in [-0.1, -0.05) is 20.3 Å². The molecule has 1 rings (SSSR count). The van der Waals surface area contributed by atoms with Gasteiger partial charge in [-0.15, -0.1) is 0 Å². The van der Waals surface area contributed by atoms with Crippen LogP contribution in [0, 0.1) is 11.7 Å². The lowest BCUT2D eigenvalue weighted by Gasteiger charge is -2.14. The van der Waals surface area contributed by atoms with Crippen molar-refractivity contribution in [1.29, 1.82) is 0 Å². The molecule has 17 heavy (non-hydrogen) atoms. The van der Waals surface area contributed by atoms with Gasteiger partial charge in [-0.3, -0.25) is 0 Å². The summed E-state index contributed by atoms with van der Waals surface area (Å²) in [6.07, 6.45) is 3.46. The molecule has 0 aliphatic rings. The van der Waals surface area contributed by atoms with Crippen molar-refractivity contribution in [2.75, 3.05) is 13.7 Å². The van der Waals surface area contributed by atoms with Gasteiger partial charge in [0.2, 0.25) is 5.88 Å². The molecule has 0 bridgehead atoms. The van der Waals surface area contributed by atoms with Crippen LogP contribution in [0.25, 0.3) is 0 Å². The fourth-order valence-corrected chi connectivity index (χ4v) is 1.71. The number of pyridine rings is 1. The van der Waals surface area contributed by atoms with E-state index in [1.807, 2.05) is 7.05 Å². The van der Waals surface area contributed by atoms with Crippen molar-refractivity contribution in [1.82, 2.24) is 10.3 Å². The maximum Gasteiger partial charge on any atom is 0.218 e. The Morgan fingerprint density at radius 3 is 2.94 bits per heavy atom. The van der Waals surface area contributed by atoms with E-state index in [4.69, 9.17) is 4.74 Å². The summed E-state index contributed by atoms with van der Waals surface area (Å²) in [4.78, 5) is 3.99. The van der Waals surface area contributed by atoms with Gasteiger partial charge in [-0.05, 0) is 25.5 Å². The second-order valence-corrected chi connectivity index (χ2v) is 4.35. The van der Waals surface area contributed by atoms with Crippen LogP contribution in [0.3, 0.4) is 0 Å². The molecule has 96 valence electrons. The highest BCUT2D eigenvalue weighted by molar-refractivity contribution is 5.26. The average molecular weight is 240 g/mol. The fraction of sp³-hybridized carbons (Fsp3) is 0.615. The van der Waals surface area contributed by atoms with Crippen LogP contribution in [-0.2, 0) is 6.54 Å². The van der Waals surface area contributed by atoms with Gasteiger partial charge in [-0.2, -0.15) is 0 Å². The van der Waals surface area contributed by atoms with E-state index in [9.17, 15) is 4.39 Å². The molecule has 1 N–H and O–H groups in total. The number of nitrogens with zero attached hydrogens (tertiary/aromatic N) is 1. The molecule has 0 spiro atoms. The number of hydrogen-bond acceptors (Lipinski definition) is 3. The Kier molecular flexibility index (Phi) is 5.91. The summed E-state index contributed by atoms with van der Waals surface area (Å²) in [5, 5.41) is 2.98. The molecule has 3 nitrogen and oxygen atoms in total. The van der Waals surface area contributed by atoms with E-state index >= 15 is 0 Å². The molecular formula is C13H21FN2O. The van der Waals surface area contributed by atoms with Gasteiger partial charge in [0.15, 0.2) is 0 Å². The van der Waals surface area contributed by atoms with Crippen LogP contribution in [0.5, 0.6) is 5.88 Å². The minimum Gasteiger partial charge on any atom is -0.477 e. The Morgan fingerprint density at radius 1 is 1.53 bits per heavy atom. The molecule has 4 heteroatoms. The first-order valence-electron chi connectivity index (χ1n) is 6.09. The molecule has 1 heterocycles. The van der Waals surface area contributed by atoms with Crippen LogP contribution in [0.1, 0.15) is 32.3 Å². The van der Waals surface area contributed by atoms with E-state index in [-0.39, 0.29) is 5.82 Å². The van der Waals surface area contributed by atoms with Crippen molar-refractivity contribution < 1.29 is 9.13 Å². The van der Waals surface area contributed by atoms with Crippen molar-refractivity contribution in [3.8, 4) is 5.88 Å². The molecule has 0 fully saturated rings. The molecule has 0 aromatic carbocycles. The van der Waals surface area contributed by atoms with Gasteiger partial charge >= 0.3 is 0 Å². The third-order valence-electron chi connectivity index (χ3n) is 2.55. The van der Waals surface area contributed by atoms with Gasteiger partial charge in [0.05, 0.1) is 12.8 Å². The minimum atomic E-state index is -0.329. The lowest BCUT2D eigenvalue weighted by atomic mass is 10.1.